The molecule has 0 radical (unpaired) electrons. The Labute approximate surface area is 189 Å². The van der Waals surface area contributed by atoms with Crippen molar-refractivity contribution < 1.29 is 9.90 Å². The third kappa shape index (κ3) is 5.26. The number of fused-ring (bicyclic) bond motifs is 1. The number of aromatic nitrogens is 1. The van der Waals surface area contributed by atoms with E-state index in [1.165, 1.54) is 5.56 Å². The number of nitrogens with one attached hydrogen (secondary N) is 3. The largest absolute Gasteiger partial charge is 0.481 e. The number of aryl methyl sites for hydroxylation is 1. The van der Waals surface area contributed by atoms with E-state index in [1.807, 2.05) is 37.3 Å². The number of nitrogens with zero attached hydrogens (tertiary/aromatic N) is 1. The molecule has 1 aliphatic heterocycles. The van der Waals surface area contributed by atoms with Gasteiger partial charge in [-0.25, -0.2) is 4.98 Å². The fourth-order valence-electron chi connectivity index (χ4n) is 4.34. The van der Waals surface area contributed by atoms with Crippen LogP contribution in [0.15, 0.2) is 66.9 Å². The molecule has 1 aromatic heterocycles. The Hall–Kier alpha value is -3.38. The topological polar surface area (TPSA) is 86.3 Å². The van der Waals surface area contributed by atoms with Gasteiger partial charge < -0.3 is 21.1 Å². The predicted molar refractivity (Wildman–Crippen MR) is 128 cm³/mol. The summed E-state index contributed by atoms with van der Waals surface area (Å²) in [7, 11) is 0. The number of aliphatic carboxylic acids is 1. The monoisotopic (exact) mass is 430 g/mol. The van der Waals surface area contributed by atoms with Gasteiger partial charge in [-0.1, -0.05) is 61.0 Å². The number of carbonyl (C=O) groups is 1. The maximum atomic E-state index is 11.2. The number of carboxylic acids is 1. The summed E-state index contributed by atoms with van der Waals surface area (Å²) >= 11 is 0. The van der Waals surface area contributed by atoms with E-state index in [0.29, 0.717) is 0 Å². The molecular formula is C26H30N4O2. The van der Waals surface area contributed by atoms with Crippen molar-refractivity contribution in [2.24, 2.45) is 0 Å². The van der Waals surface area contributed by atoms with Crippen LogP contribution in [0, 0.1) is 6.92 Å². The molecule has 4 rings (SSSR count). The Morgan fingerprint density at radius 2 is 1.97 bits per heavy atom. The van der Waals surface area contributed by atoms with Crippen LogP contribution in [0.3, 0.4) is 0 Å². The number of hydrogen-bond acceptors (Lipinski definition) is 5. The highest BCUT2D eigenvalue weighted by molar-refractivity contribution is 5.70. The second-order valence-corrected chi connectivity index (χ2v) is 8.55. The Kier molecular flexibility index (Phi) is 6.71. The fraction of sp³-hybridized carbons (Fsp3) is 0.308. The van der Waals surface area contributed by atoms with Gasteiger partial charge in [0.1, 0.15) is 5.82 Å². The average Bonchev–Trinajstić information content (AvgIpc) is 2.79. The van der Waals surface area contributed by atoms with Gasteiger partial charge in [-0.3, -0.25) is 4.79 Å². The molecule has 32 heavy (non-hydrogen) atoms. The molecule has 2 aromatic carbocycles. The lowest BCUT2D eigenvalue weighted by molar-refractivity contribution is -0.136. The van der Waals surface area contributed by atoms with Crippen LogP contribution in [0.1, 0.15) is 41.1 Å². The number of rotatable bonds is 8. The lowest BCUT2D eigenvalue weighted by atomic mass is 9.93. The minimum absolute atomic E-state index is 0.0472. The summed E-state index contributed by atoms with van der Waals surface area (Å²) in [6.07, 6.45) is 1.85. The van der Waals surface area contributed by atoms with Gasteiger partial charge in [0.05, 0.1) is 24.2 Å². The zero-order valence-corrected chi connectivity index (χ0v) is 18.5. The molecule has 0 saturated heterocycles. The molecule has 166 valence electrons. The highest BCUT2D eigenvalue weighted by Gasteiger charge is 2.27. The number of hydrogen-bond donors (Lipinski definition) is 4. The molecule has 6 nitrogen and oxygen atoms in total. The van der Waals surface area contributed by atoms with Crippen molar-refractivity contribution in [2.75, 3.05) is 23.7 Å². The maximum absolute atomic E-state index is 11.2. The lowest BCUT2D eigenvalue weighted by Crippen LogP contribution is -2.45. The average molecular weight is 431 g/mol. The second kappa shape index (κ2) is 9.83. The highest BCUT2D eigenvalue weighted by atomic mass is 16.4. The first-order valence-electron chi connectivity index (χ1n) is 11.1. The van der Waals surface area contributed by atoms with Gasteiger partial charge in [0.2, 0.25) is 0 Å². The Morgan fingerprint density at radius 1 is 1.16 bits per heavy atom. The van der Waals surface area contributed by atoms with Gasteiger partial charge in [0, 0.05) is 19.3 Å². The number of carboxylic acid groups (broad SMARTS) is 1. The molecule has 0 aliphatic carbocycles. The Morgan fingerprint density at radius 3 is 2.75 bits per heavy atom. The Bertz CT molecular complexity index is 1070. The van der Waals surface area contributed by atoms with Gasteiger partial charge >= 0.3 is 5.97 Å². The molecule has 4 N–H and O–H groups in total. The van der Waals surface area contributed by atoms with E-state index < -0.39 is 5.97 Å². The third-order valence-corrected chi connectivity index (χ3v) is 5.93. The first-order valence-corrected chi connectivity index (χ1v) is 11.1. The first-order chi connectivity index (χ1) is 15.5. The molecule has 1 aliphatic rings. The molecular weight excluding hydrogens is 400 g/mol. The smallest absolute Gasteiger partial charge is 0.307 e. The van der Waals surface area contributed by atoms with E-state index in [9.17, 15) is 9.90 Å². The van der Waals surface area contributed by atoms with Gasteiger partial charge in [-0.2, -0.15) is 0 Å². The third-order valence-electron chi connectivity index (χ3n) is 5.93. The van der Waals surface area contributed by atoms with Crippen molar-refractivity contribution in [3.05, 3.63) is 89.1 Å². The van der Waals surface area contributed by atoms with Crippen LogP contribution in [-0.4, -0.2) is 35.2 Å². The molecule has 0 spiro atoms. The number of pyridine rings is 1. The molecule has 3 atom stereocenters. The predicted octanol–water partition coefficient (Wildman–Crippen LogP) is 4.36. The summed E-state index contributed by atoms with van der Waals surface area (Å²) in [6.45, 7) is 5.75. The van der Waals surface area contributed by atoms with Crippen LogP contribution in [0.2, 0.25) is 0 Å². The summed E-state index contributed by atoms with van der Waals surface area (Å²) in [6, 6.07) is 20.8. The van der Waals surface area contributed by atoms with Crippen molar-refractivity contribution >= 4 is 17.5 Å². The number of anilines is 2. The SMILES string of the molecule is Cc1cc(CC(=O)O)cc([C@H](C)CN[C@H](c2ccccc2)[C@H]2CNc3cccnc3N2)c1. The second-order valence-electron chi connectivity index (χ2n) is 8.55. The number of benzene rings is 2. The van der Waals surface area contributed by atoms with Crippen LogP contribution in [0.25, 0.3) is 0 Å². The first kappa shape index (κ1) is 21.8. The fourth-order valence-corrected chi connectivity index (χ4v) is 4.34. The van der Waals surface area contributed by atoms with E-state index in [4.69, 9.17) is 0 Å². The van der Waals surface area contributed by atoms with Crippen LogP contribution in [0.5, 0.6) is 0 Å². The molecule has 0 fully saturated rings. The van der Waals surface area contributed by atoms with Crippen molar-refractivity contribution in [2.45, 2.75) is 38.3 Å². The summed E-state index contributed by atoms with van der Waals surface area (Å²) in [4.78, 5) is 15.6. The summed E-state index contributed by atoms with van der Waals surface area (Å²) in [5, 5.41) is 20.0. The molecule has 3 aromatic rings. The molecule has 6 heteroatoms. The lowest BCUT2D eigenvalue weighted by Gasteiger charge is -2.35. The highest BCUT2D eigenvalue weighted by Crippen LogP contribution is 2.29. The molecule has 2 heterocycles. The van der Waals surface area contributed by atoms with Gasteiger partial charge in [-0.15, -0.1) is 0 Å². The molecule has 0 amide bonds. The van der Waals surface area contributed by atoms with Gasteiger partial charge in [0.25, 0.3) is 0 Å². The van der Waals surface area contributed by atoms with Crippen LogP contribution >= 0.6 is 0 Å². The zero-order chi connectivity index (χ0) is 22.5. The van der Waals surface area contributed by atoms with Crippen LogP contribution in [0.4, 0.5) is 11.5 Å². The summed E-state index contributed by atoms with van der Waals surface area (Å²) < 4.78 is 0. The van der Waals surface area contributed by atoms with Gasteiger partial charge in [-0.05, 0) is 41.7 Å². The quantitative estimate of drug-likeness (QED) is 0.425. The van der Waals surface area contributed by atoms with E-state index in [0.717, 1.165) is 41.3 Å². The van der Waals surface area contributed by atoms with E-state index >= 15 is 0 Å². The maximum Gasteiger partial charge on any atom is 0.307 e. The van der Waals surface area contributed by atoms with Crippen molar-refractivity contribution in [3.63, 3.8) is 0 Å². The molecule has 0 unspecified atom stereocenters. The van der Waals surface area contributed by atoms with Crippen molar-refractivity contribution in [1.82, 2.24) is 10.3 Å². The molecule has 0 bridgehead atoms. The minimum Gasteiger partial charge on any atom is -0.481 e. The van der Waals surface area contributed by atoms with E-state index in [2.05, 4.69) is 58.2 Å². The molecule has 0 saturated carbocycles. The summed E-state index contributed by atoms with van der Waals surface area (Å²) in [5.74, 6) is 0.299. The van der Waals surface area contributed by atoms with Gasteiger partial charge in [0.15, 0.2) is 0 Å². The van der Waals surface area contributed by atoms with Crippen LogP contribution < -0.4 is 16.0 Å². The van der Waals surface area contributed by atoms with Crippen LogP contribution in [-0.2, 0) is 11.2 Å². The van der Waals surface area contributed by atoms with E-state index in [1.54, 1.807) is 6.20 Å². The normalized spacial score (nSPS) is 16.9. The van der Waals surface area contributed by atoms with Crippen molar-refractivity contribution in [1.29, 1.82) is 0 Å². The minimum atomic E-state index is -0.804. The Balaban J connectivity index is 1.51. The standard InChI is InChI=1S/C26H30N4O2/c1-17-11-19(14-24(31)32)13-21(12-17)18(2)15-29-25(20-7-4-3-5-8-20)23-16-28-22-9-6-10-27-26(22)30-23/h3-13,18,23,25,28-29H,14-16H2,1-2H3,(H,27,30)(H,31,32)/t18-,23-,25-/m1/s1. The summed E-state index contributed by atoms with van der Waals surface area (Å²) in [5.41, 5.74) is 5.33. The van der Waals surface area contributed by atoms with E-state index in [-0.39, 0.29) is 24.4 Å². The zero-order valence-electron chi connectivity index (χ0n) is 18.5. The van der Waals surface area contributed by atoms with Crippen molar-refractivity contribution in [3.8, 4) is 0 Å².